The van der Waals surface area contributed by atoms with E-state index in [4.69, 9.17) is 5.84 Å². The fraction of sp³-hybridized carbons (Fsp3) is 0.308. The normalized spacial score (nSPS) is 13.4. The van der Waals surface area contributed by atoms with Gasteiger partial charge in [0.15, 0.2) is 0 Å². The summed E-state index contributed by atoms with van der Waals surface area (Å²) in [5.41, 5.74) is 3.43. The molecule has 3 N–H and O–H groups in total. The lowest BCUT2D eigenvalue weighted by Crippen LogP contribution is -2.29. The Labute approximate surface area is 114 Å². The van der Waals surface area contributed by atoms with Crippen molar-refractivity contribution in [3.63, 3.8) is 0 Å². The molecule has 4 nitrogen and oxygen atoms in total. The second-order valence-electron chi connectivity index (χ2n) is 4.52. The molecule has 0 spiro atoms. The first-order valence-corrected chi connectivity index (χ1v) is 6.02. The molecule has 20 heavy (non-hydrogen) atoms. The van der Waals surface area contributed by atoms with Gasteiger partial charge in [0.05, 0.1) is 17.3 Å². The molecule has 0 saturated heterocycles. The molecule has 2 rings (SSSR count). The van der Waals surface area contributed by atoms with Gasteiger partial charge in [0.1, 0.15) is 0 Å². The lowest BCUT2D eigenvalue weighted by molar-refractivity contribution is -0.137. The largest absolute Gasteiger partial charge is 0.416 e. The molecule has 1 atom stereocenters. The van der Waals surface area contributed by atoms with Crippen molar-refractivity contribution >= 4 is 0 Å². The molecule has 1 unspecified atom stereocenters. The summed E-state index contributed by atoms with van der Waals surface area (Å²) in [4.78, 5) is 0. The van der Waals surface area contributed by atoms with E-state index in [2.05, 4.69) is 10.5 Å². The van der Waals surface area contributed by atoms with E-state index < -0.39 is 11.7 Å². The van der Waals surface area contributed by atoms with Crippen LogP contribution < -0.4 is 11.3 Å². The average Bonchev–Trinajstić information content (AvgIpc) is 2.81. The number of halogens is 3. The molecule has 0 aliphatic carbocycles. The molecular formula is C13H15F3N4. The van der Waals surface area contributed by atoms with Gasteiger partial charge in [0, 0.05) is 19.7 Å². The summed E-state index contributed by atoms with van der Waals surface area (Å²) in [7, 11) is 1.80. The highest BCUT2D eigenvalue weighted by molar-refractivity contribution is 5.27. The summed E-state index contributed by atoms with van der Waals surface area (Å²) >= 11 is 0. The Bertz CT molecular complexity index is 560. The van der Waals surface area contributed by atoms with E-state index in [0.29, 0.717) is 12.0 Å². The van der Waals surface area contributed by atoms with E-state index in [1.807, 2.05) is 6.07 Å². The van der Waals surface area contributed by atoms with Gasteiger partial charge in [-0.1, -0.05) is 12.1 Å². The van der Waals surface area contributed by atoms with Gasteiger partial charge in [-0.3, -0.25) is 16.0 Å². The first-order valence-electron chi connectivity index (χ1n) is 6.02. The van der Waals surface area contributed by atoms with Crippen LogP contribution in [0.5, 0.6) is 0 Å². The van der Waals surface area contributed by atoms with Crippen LogP contribution in [-0.4, -0.2) is 9.78 Å². The number of nitrogens with two attached hydrogens (primary N) is 1. The Morgan fingerprint density at radius 3 is 2.35 bits per heavy atom. The summed E-state index contributed by atoms with van der Waals surface area (Å²) < 4.78 is 39.2. The maximum absolute atomic E-state index is 12.5. The monoisotopic (exact) mass is 284 g/mol. The Morgan fingerprint density at radius 2 is 1.90 bits per heavy atom. The van der Waals surface area contributed by atoms with Crippen LogP contribution >= 0.6 is 0 Å². The second kappa shape index (κ2) is 5.64. The molecule has 0 aliphatic rings. The molecule has 1 aromatic carbocycles. The smallest absolute Gasteiger partial charge is 0.276 e. The number of hydrogen-bond donors (Lipinski definition) is 2. The van der Waals surface area contributed by atoms with Gasteiger partial charge in [-0.2, -0.15) is 18.3 Å². The molecule has 2 aromatic rings. The Morgan fingerprint density at radius 1 is 1.25 bits per heavy atom. The predicted molar refractivity (Wildman–Crippen MR) is 68.4 cm³/mol. The first-order chi connectivity index (χ1) is 9.40. The van der Waals surface area contributed by atoms with Gasteiger partial charge in [0.25, 0.3) is 0 Å². The van der Waals surface area contributed by atoms with Gasteiger partial charge >= 0.3 is 6.18 Å². The zero-order valence-corrected chi connectivity index (χ0v) is 10.9. The van der Waals surface area contributed by atoms with Crippen LogP contribution in [-0.2, 0) is 19.6 Å². The van der Waals surface area contributed by atoms with E-state index in [-0.39, 0.29) is 6.04 Å². The van der Waals surface area contributed by atoms with Crippen molar-refractivity contribution in [2.45, 2.75) is 18.6 Å². The standard InChI is InChI=1S/C13H15F3N4/c1-20-7-6-11(19-20)8-12(18-17)9-2-4-10(5-3-9)13(14,15)16/h2-7,12,18H,8,17H2,1H3. The number of hydrogen-bond acceptors (Lipinski definition) is 3. The highest BCUT2D eigenvalue weighted by Crippen LogP contribution is 2.30. The van der Waals surface area contributed by atoms with Crippen LogP contribution in [0.15, 0.2) is 36.5 Å². The summed E-state index contributed by atoms with van der Waals surface area (Å²) in [5.74, 6) is 5.48. The van der Waals surface area contributed by atoms with Crippen LogP contribution in [0.4, 0.5) is 13.2 Å². The van der Waals surface area contributed by atoms with E-state index in [0.717, 1.165) is 17.8 Å². The van der Waals surface area contributed by atoms with Crippen molar-refractivity contribution in [2.24, 2.45) is 12.9 Å². The number of alkyl halides is 3. The molecule has 1 aromatic heterocycles. The summed E-state index contributed by atoms with van der Waals surface area (Å²) in [5, 5.41) is 4.22. The van der Waals surface area contributed by atoms with E-state index >= 15 is 0 Å². The maximum atomic E-state index is 12.5. The summed E-state index contributed by atoms with van der Waals surface area (Å²) in [6.45, 7) is 0. The predicted octanol–water partition coefficient (Wildman–Crippen LogP) is 2.19. The van der Waals surface area contributed by atoms with Crippen LogP contribution in [0.2, 0.25) is 0 Å². The van der Waals surface area contributed by atoms with E-state index in [9.17, 15) is 13.2 Å². The zero-order chi connectivity index (χ0) is 14.8. The van der Waals surface area contributed by atoms with Crippen molar-refractivity contribution < 1.29 is 13.2 Å². The van der Waals surface area contributed by atoms with Crippen LogP contribution in [0, 0.1) is 0 Å². The fourth-order valence-corrected chi connectivity index (χ4v) is 1.96. The van der Waals surface area contributed by atoms with Crippen molar-refractivity contribution in [2.75, 3.05) is 0 Å². The molecule has 0 saturated carbocycles. The topological polar surface area (TPSA) is 55.9 Å². The minimum Gasteiger partial charge on any atom is -0.276 e. The van der Waals surface area contributed by atoms with Crippen LogP contribution in [0.3, 0.4) is 0 Å². The lowest BCUT2D eigenvalue weighted by atomic mass is 10.0. The van der Waals surface area contributed by atoms with Crippen LogP contribution in [0.1, 0.15) is 22.9 Å². The van der Waals surface area contributed by atoms with Crippen molar-refractivity contribution in [3.8, 4) is 0 Å². The molecule has 0 amide bonds. The second-order valence-corrected chi connectivity index (χ2v) is 4.52. The minimum absolute atomic E-state index is 0.285. The first kappa shape index (κ1) is 14.5. The van der Waals surface area contributed by atoms with Gasteiger partial charge in [0.2, 0.25) is 0 Å². The summed E-state index contributed by atoms with van der Waals surface area (Å²) in [6.07, 6.45) is -2.02. The number of nitrogens with zero attached hydrogens (tertiary/aromatic N) is 2. The minimum atomic E-state index is -4.33. The quantitative estimate of drug-likeness (QED) is 0.668. The Hall–Kier alpha value is -1.86. The number of benzene rings is 1. The highest BCUT2D eigenvalue weighted by Gasteiger charge is 2.30. The molecule has 0 radical (unpaired) electrons. The van der Waals surface area contributed by atoms with Crippen molar-refractivity contribution in [1.29, 1.82) is 0 Å². The van der Waals surface area contributed by atoms with Crippen molar-refractivity contribution in [3.05, 3.63) is 53.3 Å². The lowest BCUT2D eigenvalue weighted by Gasteiger charge is -2.16. The molecule has 1 heterocycles. The van der Waals surface area contributed by atoms with Gasteiger partial charge < -0.3 is 0 Å². The third-order valence-corrected chi connectivity index (χ3v) is 3.02. The maximum Gasteiger partial charge on any atom is 0.416 e. The molecule has 7 heteroatoms. The Kier molecular flexibility index (Phi) is 4.10. The zero-order valence-electron chi connectivity index (χ0n) is 10.9. The third kappa shape index (κ3) is 3.37. The van der Waals surface area contributed by atoms with E-state index in [1.54, 1.807) is 17.9 Å². The molecule has 108 valence electrons. The van der Waals surface area contributed by atoms with Crippen molar-refractivity contribution in [1.82, 2.24) is 15.2 Å². The van der Waals surface area contributed by atoms with Gasteiger partial charge in [-0.25, -0.2) is 0 Å². The highest BCUT2D eigenvalue weighted by atomic mass is 19.4. The molecular weight excluding hydrogens is 269 g/mol. The SMILES string of the molecule is Cn1ccc(CC(NN)c2ccc(C(F)(F)F)cc2)n1. The summed E-state index contributed by atoms with van der Waals surface area (Å²) in [6, 6.07) is 6.52. The molecule has 0 aliphatic heterocycles. The number of hydrazine groups is 1. The van der Waals surface area contributed by atoms with E-state index in [1.165, 1.54) is 12.1 Å². The van der Waals surface area contributed by atoms with Gasteiger partial charge in [-0.05, 0) is 23.8 Å². The molecule has 0 bridgehead atoms. The number of nitrogens with one attached hydrogen (secondary N) is 1. The molecule has 0 fully saturated rings. The number of rotatable bonds is 4. The van der Waals surface area contributed by atoms with Gasteiger partial charge in [-0.15, -0.1) is 0 Å². The Balaban J connectivity index is 2.15. The van der Waals surface area contributed by atoms with Crippen LogP contribution in [0.25, 0.3) is 0 Å². The third-order valence-electron chi connectivity index (χ3n) is 3.02. The number of aryl methyl sites for hydroxylation is 1. The number of aromatic nitrogens is 2. The average molecular weight is 284 g/mol. The fourth-order valence-electron chi connectivity index (χ4n) is 1.96.